The summed E-state index contributed by atoms with van der Waals surface area (Å²) in [5, 5.41) is 3.36. The summed E-state index contributed by atoms with van der Waals surface area (Å²) in [6.07, 6.45) is 3.43. The molecular formula is C13H24N4O. The zero-order valence-corrected chi connectivity index (χ0v) is 11.7. The van der Waals surface area contributed by atoms with Crippen LogP contribution in [-0.2, 0) is 0 Å². The third-order valence-electron chi connectivity index (χ3n) is 2.86. The van der Waals surface area contributed by atoms with Crippen molar-refractivity contribution < 1.29 is 4.74 Å². The monoisotopic (exact) mass is 252 g/mol. The van der Waals surface area contributed by atoms with Gasteiger partial charge in [-0.25, -0.2) is 4.98 Å². The summed E-state index contributed by atoms with van der Waals surface area (Å²) in [6, 6.07) is 0.348. The van der Waals surface area contributed by atoms with Gasteiger partial charge in [0, 0.05) is 6.04 Å². The fourth-order valence-corrected chi connectivity index (χ4v) is 1.72. The second-order valence-electron chi connectivity index (χ2n) is 4.69. The Hall–Kier alpha value is -1.52. The van der Waals surface area contributed by atoms with Gasteiger partial charge >= 0.3 is 0 Å². The van der Waals surface area contributed by atoms with Crippen molar-refractivity contribution in [3.63, 3.8) is 0 Å². The minimum Gasteiger partial charge on any atom is -0.476 e. The van der Waals surface area contributed by atoms with Crippen molar-refractivity contribution in [3.8, 4) is 5.88 Å². The van der Waals surface area contributed by atoms with Gasteiger partial charge in [0.1, 0.15) is 12.0 Å². The Kier molecular flexibility index (Phi) is 5.68. The molecule has 0 aliphatic rings. The second kappa shape index (κ2) is 7.03. The summed E-state index contributed by atoms with van der Waals surface area (Å²) in [7, 11) is 0. The average Bonchev–Trinajstić information content (AvgIpc) is 2.35. The maximum Gasteiger partial charge on any atom is 0.242 e. The maximum atomic E-state index is 6.01. The summed E-state index contributed by atoms with van der Waals surface area (Å²) in [6.45, 7) is 9.15. The second-order valence-corrected chi connectivity index (χ2v) is 4.69. The molecule has 3 N–H and O–H groups in total. The van der Waals surface area contributed by atoms with Crippen LogP contribution < -0.4 is 15.8 Å². The maximum absolute atomic E-state index is 6.01. The molecular weight excluding hydrogens is 228 g/mol. The van der Waals surface area contributed by atoms with Crippen molar-refractivity contribution in [1.29, 1.82) is 0 Å². The molecule has 0 aromatic carbocycles. The van der Waals surface area contributed by atoms with E-state index in [1.54, 1.807) is 0 Å². The third kappa shape index (κ3) is 3.75. The van der Waals surface area contributed by atoms with Crippen LogP contribution in [0.4, 0.5) is 11.5 Å². The van der Waals surface area contributed by atoms with Crippen LogP contribution in [0.3, 0.4) is 0 Å². The lowest BCUT2D eigenvalue weighted by Crippen LogP contribution is -2.26. The first kappa shape index (κ1) is 14.5. The lowest BCUT2D eigenvalue weighted by atomic mass is 10.0. The van der Waals surface area contributed by atoms with E-state index in [0.29, 0.717) is 36.0 Å². The summed E-state index contributed by atoms with van der Waals surface area (Å²) in [5.74, 6) is 1.65. The van der Waals surface area contributed by atoms with Gasteiger partial charge in [0.05, 0.1) is 6.61 Å². The highest BCUT2D eigenvalue weighted by Crippen LogP contribution is 2.26. The van der Waals surface area contributed by atoms with Gasteiger partial charge < -0.3 is 15.8 Å². The average molecular weight is 252 g/mol. The molecule has 1 aromatic heterocycles. The largest absolute Gasteiger partial charge is 0.476 e. The Morgan fingerprint density at radius 3 is 2.61 bits per heavy atom. The van der Waals surface area contributed by atoms with Crippen molar-refractivity contribution >= 4 is 11.5 Å². The predicted octanol–water partition coefficient (Wildman–Crippen LogP) is 2.69. The molecule has 1 heterocycles. The normalized spacial score (nSPS) is 12.5. The van der Waals surface area contributed by atoms with Crippen molar-refractivity contribution in [3.05, 3.63) is 6.33 Å². The van der Waals surface area contributed by atoms with E-state index in [0.717, 1.165) is 12.8 Å². The van der Waals surface area contributed by atoms with E-state index < -0.39 is 0 Å². The third-order valence-corrected chi connectivity index (χ3v) is 2.86. The molecule has 0 saturated heterocycles. The summed E-state index contributed by atoms with van der Waals surface area (Å²) < 4.78 is 5.49. The molecule has 0 fully saturated rings. The Balaban J connectivity index is 2.82. The number of rotatable bonds is 7. The number of aromatic nitrogens is 2. The molecule has 5 heteroatoms. The van der Waals surface area contributed by atoms with E-state index in [9.17, 15) is 0 Å². The van der Waals surface area contributed by atoms with E-state index in [4.69, 9.17) is 10.5 Å². The molecule has 0 aliphatic heterocycles. The van der Waals surface area contributed by atoms with Gasteiger partial charge in [-0.05, 0) is 18.8 Å². The molecule has 0 spiro atoms. The van der Waals surface area contributed by atoms with Gasteiger partial charge in [-0.1, -0.05) is 27.7 Å². The SMILES string of the molecule is CCCOc1ncnc(NC(CC)C(C)C)c1N. The first-order valence-electron chi connectivity index (χ1n) is 6.59. The van der Waals surface area contributed by atoms with E-state index in [1.165, 1.54) is 6.33 Å². The van der Waals surface area contributed by atoms with E-state index >= 15 is 0 Å². The predicted molar refractivity (Wildman–Crippen MR) is 74.8 cm³/mol. The van der Waals surface area contributed by atoms with Crippen LogP contribution >= 0.6 is 0 Å². The first-order chi connectivity index (χ1) is 8.60. The van der Waals surface area contributed by atoms with Crippen LogP contribution in [0.1, 0.15) is 40.5 Å². The Bertz CT molecular complexity index is 368. The van der Waals surface area contributed by atoms with Crippen LogP contribution in [-0.4, -0.2) is 22.6 Å². The molecule has 1 unspecified atom stereocenters. The molecule has 0 amide bonds. The molecule has 1 atom stereocenters. The molecule has 1 rings (SSSR count). The van der Waals surface area contributed by atoms with Gasteiger partial charge in [0.2, 0.25) is 5.88 Å². The molecule has 102 valence electrons. The highest BCUT2D eigenvalue weighted by Gasteiger charge is 2.15. The Morgan fingerprint density at radius 1 is 1.33 bits per heavy atom. The fraction of sp³-hybridized carbons (Fsp3) is 0.692. The molecule has 18 heavy (non-hydrogen) atoms. The van der Waals surface area contributed by atoms with E-state index in [2.05, 4.69) is 36.1 Å². The first-order valence-corrected chi connectivity index (χ1v) is 6.59. The highest BCUT2D eigenvalue weighted by molar-refractivity contribution is 5.66. The Morgan fingerprint density at radius 2 is 2.06 bits per heavy atom. The zero-order valence-electron chi connectivity index (χ0n) is 11.7. The number of nitrogens with two attached hydrogens (primary N) is 1. The molecule has 0 radical (unpaired) electrons. The van der Waals surface area contributed by atoms with Crippen molar-refractivity contribution in [2.75, 3.05) is 17.7 Å². The minimum atomic E-state index is 0.348. The van der Waals surface area contributed by atoms with Gasteiger partial charge in [-0.2, -0.15) is 4.98 Å². The van der Waals surface area contributed by atoms with Crippen molar-refractivity contribution in [2.24, 2.45) is 5.92 Å². The highest BCUT2D eigenvalue weighted by atomic mass is 16.5. The lowest BCUT2D eigenvalue weighted by Gasteiger charge is -2.22. The Labute approximate surface area is 109 Å². The lowest BCUT2D eigenvalue weighted by molar-refractivity contribution is 0.306. The van der Waals surface area contributed by atoms with Crippen molar-refractivity contribution in [2.45, 2.75) is 46.6 Å². The number of nitrogen functional groups attached to an aromatic ring is 1. The molecule has 5 nitrogen and oxygen atoms in total. The minimum absolute atomic E-state index is 0.348. The van der Waals surface area contributed by atoms with Crippen LogP contribution in [0.2, 0.25) is 0 Å². The zero-order chi connectivity index (χ0) is 13.5. The topological polar surface area (TPSA) is 73.1 Å². The van der Waals surface area contributed by atoms with Gasteiger partial charge in [-0.15, -0.1) is 0 Å². The van der Waals surface area contributed by atoms with Crippen LogP contribution in [0.15, 0.2) is 6.33 Å². The number of nitrogens with one attached hydrogen (secondary N) is 1. The fourth-order valence-electron chi connectivity index (χ4n) is 1.72. The standard InChI is InChI=1S/C13H24N4O/c1-5-7-18-13-11(14)12(15-8-16-13)17-10(6-2)9(3)4/h8-10H,5-7,14H2,1-4H3,(H,15,16,17). The summed E-state index contributed by atoms with van der Waals surface area (Å²) in [4.78, 5) is 8.25. The quantitative estimate of drug-likeness (QED) is 0.780. The van der Waals surface area contributed by atoms with Crippen LogP contribution in [0.5, 0.6) is 5.88 Å². The summed E-state index contributed by atoms with van der Waals surface area (Å²) >= 11 is 0. The molecule has 0 aliphatic carbocycles. The number of hydrogen-bond donors (Lipinski definition) is 2. The molecule has 0 saturated carbocycles. The molecule has 0 bridgehead atoms. The van der Waals surface area contributed by atoms with Gasteiger partial charge in [0.25, 0.3) is 0 Å². The summed E-state index contributed by atoms with van der Waals surface area (Å²) in [5.41, 5.74) is 6.51. The van der Waals surface area contributed by atoms with E-state index in [-0.39, 0.29) is 0 Å². The number of nitrogens with zero attached hydrogens (tertiary/aromatic N) is 2. The number of ether oxygens (including phenoxy) is 1. The van der Waals surface area contributed by atoms with Crippen LogP contribution in [0.25, 0.3) is 0 Å². The van der Waals surface area contributed by atoms with Gasteiger partial charge in [0.15, 0.2) is 5.82 Å². The smallest absolute Gasteiger partial charge is 0.242 e. The number of anilines is 2. The van der Waals surface area contributed by atoms with Crippen LogP contribution in [0, 0.1) is 5.92 Å². The van der Waals surface area contributed by atoms with Gasteiger partial charge in [-0.3, -0.25) is 0 Å². The van der Waals surface area contributed by atoms with Crippen molar-refractivity contribution in [1.82, 2.24) is 9.97 Å². The number of hydrogen-bond acceptors (Lipinski definition) is 5. The molecule has 1 aromatic rings. The van der Waals surface area contributed by atoms with E-state index in [1.807, 2.05) is 6.92 Å².